The van der Waals surface area contributed by atoms with E-state index in [4.69, 9.17) is 4.42 Å². The molecule has 5 heteroatoms. The van der Waals surface area contributed by atoms with Gasteiger partial charge in [0.15, 0.2) is 22.8 Å². The van der Waals surface area contributed by atoms with Crippen molar-refractivity contribution in [3.63, 3.8) is 0 Å². The minimum Gasteiger partial charge on any atom is -0.455 e. The number of hydrogen-bond donors (Lipinski definition) is 0. The molecule has 2 aliphatic rings. The van der Waals surface area contributed by atoms with Crippen molar-refractivity contribution < 1.29 is 13.6 Å². The van der Waals surface area contributed by atoms with Crippen LogP contribution in [0.3, 0.4) is 0 Å². The highest BCUT2D eigenvalue weighted by Gasteiger charge is 2.67. The SMILES string of the molecule is CC(C)Cc1cc2[n+](cc1[Si](C)(C)C)C1(c3ccccc3-2)c2ccc3c(oc4ccccc43)c2-c2n(-c3ccc(-c4ccccc4)cc3)c3cc4ccccc4cc3[n+]21. The van der Waals surface area contributed by atoms with Crippen molar-refractivity contribution in [2.75, 3.05) is 0 Å². The van der Waals surface area contributed by atoms with Crippen LogP contribution in [0.2, 0.25) is 19.6 Å². The molecule has 0 radical (unpaired) electrons. The molecule has 10 aromatic rings. The molecule has 1 spiro atoms. The minimum atomic E-state index is -1.83. The molecule has 3 aromatic heterocycles. The first-order valence-electron chi connectivity index (χ1n) is 21.0. The fourth-order valence-electron chi connectivity index (χ4n) is 10.6. The molecule has 2 aliphatic heterocycles. The molecule has 284 valence electrons. The Balaban J connectivity index is 1.29. The van der Waals surface area contributed by atoms with Crippen molar-refractivity contribution in [2.45, 2.75) is 45.6 Å². The van der Waals surface area contributed by atoms with Gasteiger partial charge < -0.3 is 4.42 Å². The number of para-hydroxylation sites is 1. The first-order chi connectivity index (χ1) is 28.7. The molecule has 4 nitrogen and oxygen atoms in total. The van der Waals surface area contributed by atoms with Crippen LogP contribution in [-0.2, 0) is 12.1 Å². The third-order valence-electron chi connectivity index (χ3n) is 13.0. The van der Waals surface area contributed by atoms with E-state index >= 15 is 0 Å². The molecule has 0 bridgehead atoms. The highest BCUT2D eigenvalue weighted by molar-refractivity contribution is 6.89. The summed E-state index contributed by atoms with van der Waals surface area (Å²) in [7, 11) is -1.83. The second-order valence-electron chi connectivity index (χ2n) is 18.1. The quantitative estimate of drug-likeness (QED) is 0.126. The van der Waals surface area contributed by atoms with Crippen molar-refractivity contribution in [1.82, 2.24) is 4.57 Å². The van der Waals surface area contributed by atoms with E-state index in [1.165, 1.54) is 60.6 Å². The molecule has 59 heavy (non-hydrogen) atoms. The van der Waals surface area contributed by atoms with E-state index in [1.807, 2.05) is 0 Å². The van der Waals surface area contributed by atoms with Crippen molar-refractivity contribution >= 4 is 57.0 Å². The summed E-state index contributed by atoms with van der Waals surface area (Å²) in [5.74, 6) is 1.67. The van der Waals surface area contributed by atoms with Crippen LogP contribution in [0.15, 0.2) is 168 Å². The summed E-state index contributed by atoms with van der Waals surface area (Å²) < 4.78 is 14.9. The zero-order chi connectivity index (χ0) is 39.8. The molecule has 0 fully saturated rings. The Bertz CT molecular complexity index is 3370. The van der Waals surface area contributed by atoms with Crippen LogP contribution in [0.5, 0.6) is 0 Å². The van der Waals surface area contributed by atoms with Crippen LogP contribution in [0, 0.1) is 5.92 Å². The van der Waals surface area contributed by atoms with Crippen LogP contribution in [0.25, 0.3) is 83.2 Å². The zero-order valence-corrected chi connectivity index (χ0v) is 35.1. The molecule has 7 aromatic carbocycles. The van der Waals surface area contributed by atoms with Gasteiger partial charge in [0.25, 0.3) is 0 Å². The lowest BCUT2D eigenvalue weighted by Gasteiger charge is -2.24. The molecular weight excluding hydrogens is 735 g/mol. The lowest BCUT2D eigenvalue weighted by molar-refractivity contribution is -0.944. The maximum absolute atomic E-state index is 7.08. The molecular formula is C54H45N3OSi+2. The van der Waals surface area contributed by atoms with Crippen molar-refractivity contribution in [2.24, 2.45) is 5.92 Å². The molecule has 0 amide bonds. The van der Waals surface area contributed by atoms with Gasteiger partial charge >= 0.3 is 11.5 Å². The number of furan rings is 1. The highest BCUT2D eigenvalue weighted by atomic mass is 28.3. The topological polar surface area (TPSA) is 25.8 Å². The maximum Gasteiger partial charge on any atom is 0.364 e. The van der Waals surface area contributed by atoms with Gasteiger partial charge in [0, 0.05) is 22.0 Å². The van der Waals surface area contributed by atoms with Crippen LogP contribution < -0.4 is 14.3 Å². The molecule has 0 saturated carbocycles. The molecule has 5 heterocycles. The average molecular weight is 780 g/mol. The summed E-state index contributed by atoms with van der Waals surface area (Å²) in [4.78, 5) is 0. The van der Waals surface area contributed by atoms with Crippen molar-refractivity contribution in [3.8, 4) is 39.5 Å². The van der Waals surface area contributed by atoms with Crippen molar-refractivity contribution in [3.05, 3.63) is 181 Å². The standard InChI is InChI=1S/C54H45N3OSi/c1-34(2)29-39-32-46-43-20-11-13-21-44(43)54(55(46)33-50(39)59(3,4)5)45-28-27-42-41-19-12-14-22-49(41)58-52(42)51(45)53-56(40-25-23-36(24-26-40)35-15-7-6-8-16-35)47-30-37-17-9-10-18-38(37)31-48(47)57(53)54/h6-28,30-34H,29H2,1-5H3/q+2. The van der Waals surface area contributed by atoms with Gasteiger partial charge in [-0.15, -0.1) is 9.13 Å². The molecule has 1 atom stereocenters. The Kier molecular flexibility index (Phi) is 7.15. The van der Waals surface area contributed by atoms with Gasteiger partial charge in [0.1, 0.15) is 16.8 Å². The van der Waals surface area contributed by atoms with Gasteiger partial charge in [0.05, 0.1) is 24.8 Å². The first-order valence-corrected chi connectivity index (χ1v) is 24.5. The number of imidazole rings is 1. The van der Waals surface area contributed by atoms with Gasteiger partial charge in [0.2, 0.25) is 5.69 Å². The van der Waals surface area contributed by atoms with Gasteiger partial charge in [-0.05, 0) is 94.4 Å². The van der Waals surface area contributed by atoms with Gasteiger partial charge in [-0.3, -0.25) is 0 Å². The van der Waals surface area contributed by atoms with E-state index in [1.54, 1.807) is 0 Å². The number of fused-ring (bicyclic) bond motifs is 17. The first kappa shape index (κ1) is 34.5. The monoisotopic (exact) mass is 779 g/mol. The Labute approximate surface area is 345 Å². The third kappa shape index (κ3) is 4.71. The highest BCUT2D eigenvalue weighted by Crippen LogP contribution is 2.52. The van der Waals surface area contributed by atoms with E-state index in [2.05, 4.69) is 211 Å². The summed E-state index contributed by atoms with van der Waals surface area (Å²) in [5.41, 5.74) is 14.7. The molecule has 0 aliphatic carbocycles. The van der Waals surface area contributed by atoms with E-state index in [0.717, 1.165) is 51.0 Å². The van der Waals surface area contributed by atoms with E-state index < -0.39 is 13.7 Å². The number of nitrogens with zero attached hydrogens (tertiary/aromatic N) is 3. The van der Waals surface area contributed by atoms with E-state index in [-0.39, 0.29) is 0 Å². The summed E-state index contributed by atoms with van der Waals surface area (Å²) in [6, 6.07) is 58.4. The number of rotatable bonds is 5. The Morgan fingerprint density at radius 1 is 0.661 bits per heavy atom. The van der Waals surface area contributed by atoms with Gasteiger partial charge in [-0.2, -0.15) is 4.57 Å². The lowest BCUT2D eigenvalue weighted by Crippen LogP contribution is -2.72. The Morgan fingerprint density at radius 2 is 1.36 bits per heavy atom. The smallest absolute Gasteiger partial charge is 0.364 e. The Morgan fingerprint density at radius 3 is 2.14 bits per heavy atom. The molecule has 12 rings (SSSR count). The Hall–Kier alpha value is -6.56. The number of aromatic nitrogens is 3. The molecule has 0 N–H and O–H groups in total. The second-order valence-corrected chi connectivity index (χ2v) is 23.1. The second kappa shape index (κ2) is 12.2. The predicted molar refractivity (Wildman–Crippen MR) is 244 cm³/mol. The number of hydrogen-bond acceptors (Lipinski definition) is 1. The van der Waals surface area contributed by atoms with Gasteiger partial charge in [-0.1, -0.05) is 131 Å². The lowest BCUT2D eigenvalue weighted by atomic mass is 9.88. The van der Waals surface area contributed by atoms with Crippen LogP contribution in [0.1, 0.15) is 30.5 Å². The van der Waals surface area contributed by atoms with Crippen LogP contribution in [0.4, 0.5) is 0 Å². The summed E-state index contributed by atoms with van der Waals surface area (Å²) >= 11 is 0. The van der Waals surface area contributed by atoms with Crippen molar-refractivity contribution in [1.29, 1.82) is 0 Å². The maximum atomic E-state index is 7.08. The van der Waals surface area contributed by atoms with Gasteiger partial charge in [-0.25, -0.2) is 0 Å². The number of pyridine rings is 1. The average Bonchev–Trinajstić information content (AvgIpc) is 3.95. The summed E-state index contributed by atoms with van der Waals surface area (Å²) in [6.45, 7) is 12.2. The van der Waals surface area contributed by atoms with E-state index in [9.17, 15) is 0 Å². The summed E-state index contributed by atoms with van der Waals surface area (Å²) in [5, 5.41) is 6.23. The zero-order valence-electron chi connectivity index (χ0n) is 34.1. The third-order valence-corrected chi connectivity index (χ3v) is 15.1. The largest absolute Gasteiger partial charge is 0.455 e. The summed E-state index contributed by atoms with van der Waals surface area (Å²) in [6.07, 6.45) is 3.63. The van der Waals surface area contributed by atoms with Crippen LogP contribution >= 0.6 is 0 Å². The normalized spacial score (nSPS) is 15.5. The van der Waals surface area contributed by atoms with E-state index in [0.29, 0.717) is 5.92 Å². The predicted octanol–water partition coefficient (Wildman–Crippen LogP) is 11.9. The molecule has 0 saturated heterocycles. The fourth-order valence-corrected chi connectivity index (χ4v) is 12.2. The fraction of sp³-hybridized carbons (Fsp3) is 0.148. The minimum absolute atomic E-state index is 0.549. The number of benzene rings is 7. The molecule has 1 unspecified atom stereocenters. The van der Waals surface area contributed by atoms with Crippen LogP contribution in [-0.4, -0.2) is 12.6 Å².